The fourth-order valence-electron chi connectivity index (χ4n) is 7.93. The lowest BCUT2D eigenvalue weighted by molar-refractivity contribution is -0.142. The van der Waals surface area contributed by atoms with Gasteiger partial charge in [-0.3, -0.25) is 19.1 Å². The third-order valence-corrected chi connectivity index (χ3v) is 12.9. The van der Waals surface area contributed by atoms with Gasteiger partial charge in [0.05, 0.1) is 24.0 Å². The molecule has 1 aromatic heterocycles. The van der Waals surface area contributed by atoms with E-state index in [2.05, 4.69) is 25.2 Å². The number of fused-ring (bicyclic) bond motifs is 5. The molecule has 2 saturated carbocycles. The molecule has 3 fully saturated rings. The topological polar surface area (TPSA) is 197 Å². The second-order valence-corrected chi connectivity index (χ2v) is 17.0. The number of carboxylic acid groups (broad SMARTS) is 1. The van der Waals surface area contributed by atoms with Crippen LogP contribution in [0.15, 0.2) is 36.5 Å². The highest BCUT2D eigenvalue weighted by atomic mass is 32.2. The van der Waals surface area contributed by atoms with Crippen LogP contribution in [0.25, 0.3) is 10.8 Å². The van der Waals surface area contributed by atoms with Crippen LogP contribution in [0.4, 0.5) is 10.5 Å². The number of nitrogens with one attached hydrogen (secondary N) is 3. The van der Waals surface area contributed by atoms with Gasteiger partial charge in [0.15, 0.2) is 5.75 Å². The monoisotopic (exact) mass is 738 g/mol. The summed E-state index contributed by atoms with van der Waals surface area (Å²) in [6.45, 7) is 5.05. The lowest BCUT2D eigenvalue weighted by Crippen LogP contribution is -2.59. The number of hydrogen-bond acceptors (Lipinski definition) is 10. The number of hydrogen-bond donors (Lipinski definition) is 4. The summed E-state index contributed by atoms with van der Waals surface area (Å²) in [5, 5.41) is 15.9. The molecule has 4 N–H and O–H groups in total. The molecule has 15 nitrogen and oxygen atoms in total. The number of aromatic nitrogens is 1. The SMILES string of the molecule is C[C@H]1CCC=C[C@@H]2C[C@@]2(C(=O)NS(=O)(=O)C2CC2)NC(=O)[C@@H]2C[C@@H](Oc3nccc4c5c(ccc34)N(C)CCO5)CN2C(=O)[C@@H](NC(=O)O)[C@H](C)C1. The van der Waals surface area contributed by atoms with Gasteiger partial charge in [-0.25, -0.2) is 18.2 Å². The van der Waals surface area contributed by atoms with Crippen molar-refractivity contribution < 1.29 is 42.2 Å². The predicted octanol–water partition coefficient (Wildman–Crippen LogP) is 2.54. The third kappa shape index (κ3) is 6.96. The van der Waals surface area contributed by atoms with Gasteiger partial charge in [0.25, 0.3) is 5.91 Å². The second-order valence-electron chi connectivity index (χ2n) is 15.1. The molecule has 4 heterocycles. The van der Waals surface area contributed by atoms with Crippen LogP contribution >= 0.6 is 0 Å². The zero-order chi connectivity index (χ0) is 36.9. The molecule has 0 spiro atoms. The van der Waals surface area contributed by atoms with Gasteiger partial charge >= 0.3 is 6.09 Å². The number of rotatable bonds is 6. The molecule has 2 aromatic rings. The molecule has 2 aliphatic carbocycles. The maximum atomic E-state index is 14.4. The molecule has 0 unspecified atom stereocenters. The van der Waals surface area contributed by atoms with E-state index in [1.807, 2.05) is 51.2 Å². The summed E-state index contributed by atoms with van der Waals surface area (Å²) < 4.78 is 40.3. The highest BCUT2D eigenvalue weighted by molar-refractivity contribution is 7.91. The van der Waals surface area contributed by atoms with Crippen LogP contribution < -0.4 is 29.7 Å². The fraction of sp³-hybridized carbons (Fsp3) is 0.583. The third-order valence-electron chi connectivity index (χ3n) is 11.1. The Balaban J connectivity index is 1.21. The van der Waals surface area contributed by atoms with Crippen molar-refractivity contribution in [1.29, 1.82) is 0 Å². The van der Waals surface area contributed by atoms with Gasteiger partial charge in [-0.15, -0.1) is 0 Å². The minimum absolute atomic E-state index is 0.0168. The van der Waals surface area contributed by atoms with E-state index in [0.29, 0.717) is 43.4 Å². The molecule has 52 heavy (non-hydrogen) atoms. The first-order valence-corrected chi connectivity index (χ1v) is 19.6. The predicted molar refractivity (Wildman–Crippen MR) is 190 cm³/mol. The van der Waals surface area contributed by atoms with Crippen molar-refractivity contribution in [2.24, 2.45) is 17.8 Å². The normalized spacial score (nSPS) is 30.8. The summed E-state index contributed by atoms with van der Waals surface area (Å²) in [6.07, 6.45) is 6.38. The van der Waals surface area contributed by atoms with E-state index in [0.717, 1.165) is 24.0 Å². The Kier molecular flexibility index (Phi) is 9.46. The Morgan fingerprint density at radius 3 is 2.65 bits per heavy atom. The molecule has 1 aromatic carbocycles. The molecule has 280 valence electrons. The van der Waals surface area contributed by atoms with E-state index >= 15 is 0 Å². The molecule has 7 rings (SSSR count). The van der Waals surface area contributed by atoms with Crippen LogP contribution in [-0.4, -0.2) is 103 Å². The minimum atomic E-state index is -3.90. The standard InChI is InChI=1S/C36H46N6O9S/c1-20-6-4-5-7-22-18-36(22,34(45)40-52(48,49)24-8-9-24)39-31(43)28-17-23(19-42(28)33(44)29(21(2)16-20)38-35(46)47)51-32-26-10-11-27-30(25(26)12-13-37-32)50-15-14-41(27)3/h5,7,10-13,20-24,28-29,38H,4,6,8-9,14-19H2,1-3H3,(H,39,43)(H,40,45)(H,46,47)/t20-,21+,22+,23+,28-,29-,36+/m0/s1. The van der Waals surface area contributed by atoms with Crippen LogP contribution in [-0.2, 0) is 24.4 Å². The number of nitrogens with zero attached hydrogens (tertiary/aromatic N) is 3. The zero-order valence-electron chi connectivity index (χ0n) is 29.5. The number of carbonyl (C=O) groups excluding carboxylic acids is 3. The van der Waals surface area contributed by atoms with Crippen molar-refractivity contribution in [2.45, 2.75) is 87.8 Å². The Morgan fingerprint density at radius 1 is 1.12 bits per heavy atom. The molecular formula is C36H46N6O9S. The molecule has 0 radical (unpaired) electrons. The van der Waals surface area contributed by atoms with Crippen molar-refractivity contribution in [3.05, 3.63) is 36.5 Å². The lowest BCUT2D eigenvalue weighted by atomic mass is 9.88. The molecule has 7 atom stereocenters. The fourth-order valence-corrected chi connectivity index (χ4v) is 9.29. The lowest BCUT2D eigenvalue weighted by Gasteiger charge is -2.32. The van der Waals surface area contributed by atoms with Crippen LogP contribution in [0.1, 0.15) is 58.8 Å². The highest BCUT2D eigenvalue weighted by Crippen LogP contribution is 2.46. The van der Waals surface area contributed by atoms with E-state index < -0.39 is 74.7 Å². The van der Waals surface area contributed by atoms with E-state index in [-0.39, 0.29) is 31.2 Å². The Labute approximate surface area is 302 Å². The summed E-state index contributed by atoms with van der Waals surface area (Å²) in [7, 11) is -1.91. The van der Waals surface area contributed by atoms with Crippen molar-refractivity contribution >= 4 is 50.3 Å². The van der Waals surface area contributed by atoms with Crippen molar-refractivity contribution in [1.82, 2.24) is 25.2 Å². The van der Waals surface area contributed by atoms with Crippen LogP contribution in [0, 0.1) is 17.8 Å². The first kappa shape index (κ1) is 35.8. The maximum absolute atomic E-state index is 14.4. The molecule has 0 bridgehead atoms. The van der Waals surface area contributed by atoms with Gasteiger partial charge in [0, 0.05) is 36.4 Å². The maximum Gasteiger partial charge on any atom is 0.405 e. The highest BCUT2D eigenvalue weighted by Gasteiger charge is 2.62. The van der Waals surface area contributed by atoms with Gasteiger partial charge in [-0.2, -0.15) is 0 Å². The number of likely N-dealkylation sites (N-methyl/N-ethyl adjacent to an activating group) is 1. The molecule has 1 saturated heterocycles. The first-order valence-electron chi connectivity index (χ1n) is 18.0. The van der Waals surface area contributed by atoms with Crippen molar-refractivity contribution in [2.75, 3.05) is 31.6 Å². The van der Waals surface area contributed by atoms with Crippen molar-refractivity contribution in [3.8, 4) is 11.6 Å². The Bertz CT molecular complexity index is 1920. The van der Waals surface area contributed by atoms with Gasteiger partial charge in [0.1, 0.15) is 30.3 Å². The van der Waals surface area contributed by atoms with E-state index in [9.17, 15) is 32.7 Å². The van der Waals surface area contributed by atoms with E-state index in [1.54, 1.807) is 6.20 Å². The minimum Gasteiger partial charge on any atom is -0.489 e. The summed E-state index contributed by atoms with van der Waals surface area (Å²) in [5.41, 5.74) is -0.591. The summed E-state index contributed by atoms with van der Waals surface area (Å²) in [4.78, 5) is 62.3. The van der Waals surface area contributed by atoms with Gasteiger partial charge in [-0.1, -0.05) is 26.0 Å². The summed E-state index contributed by atoms with van der Waals surface area (Å²) >= 11 is 0. The van der Waals surface area contributed by atoms with Gasteiger partial charge in [-0.05, 0) is 68.6 Å². The van der Waals surface area contributed by atoms with E-state index in [1.165, 1.54) is 4.90 Å². The number of amides is 4. The zero-order valence-corrected chi connectivity index (χ0v) is 30.4. The Hall–Kier alpha value is -4.60. The summed E-state index contributed by atoms with van der Waals surface area (Å²) in [5.74, 6) is -1.78. The van der Waals surface area contributed by atoms with Gasteiger partial charge in [0.2, 0.25) is 27.7 Å². The van der Waals surface area contributed by atoms with Crippen LogP contribution in [0.5, 0.6) is 11.6 Å². The largest absolute Gasteiger partial charge is 0.489 e. The average Bonchev–Trinajstić information content (AvgIpc) is 4.02. The molecule has 4 amide bonds. The number of anilines is 1. The molecule has 3 aliphatic heterocycles. The summed E-state index contributed by atoms with van der Waals surface area (Å²) in [6, 6.07) is 3.36. The van der Waals surface area contributed by atoms with Crippen LogP contribution in [0.2, 0.25) is 0 Å². The second kappa shape index (κ2) is 13.7. The Morgan fingerprint density at radius 2 is 1.90 bits per heavy atom. The first-order chi connectivity index (χ1) is 24.8. The van der Waals surface area contributed by atoms with E-state index in [4.69, 9.17) is 9.47 Å². The quantitative estimate of drug-likeness (QED) is 0.318. The molecular weight excluding hydrogens is 692 g/mol. The number of ether oxygens (including phenoxy) is 2. The number of carbonyl (C=O) groups is 4. The number of benzene rings is 1. The van der Waals surface area contributed by atoms with Gasteiger partial charge < -0.3 is 35.0 Å². The van der Waals surface area contributed by atoms with Crippen molar-refractivity contribution in [3.63, 3.8) is 0 Å². The molecule has 5 aliphatic rings. The smallest absolute Gasteiger partial charge is 0.405 e. The number of sulfonamides is 1. The van der Waals surface area contributed by atoms with Crippen LogP contribution in [0.3, 0.4) is 0 Å². The number of pyridine rings is 1. The number of allylic oxidation sites excluding steroid dienone is 1. The molecule has 16 heteroatoms. The average molecular weight is 739 g/mol.